The Hall–Kier alpha value is -1.90. The molecule has 4 rings (SSSR count). The van der Waals surface area contributed by atoms with Gasteiger partial charge in [-0.3, -0.25) is 14.6 Å². The van der Waals surface area contributed by atoms with E-state index < -0.39 is 10.0 Å². The average Bonchev–Trinajstić information content (AvgIpc) is 3.05. The number of hydrogen-bond donors (Lipinski definition) is 1. The van der Waals surface area contributed by atoms with Crippen molar-refractivity contribution in [3.05, 3.63) is 35.4 Å². The molecule has 1 aromatic rings. The topological polar surface area (TPSA) is 74.2 Å². The van der Waals surface area contributed by atoms with Crippen molar-refractivity contribution in [3.8, 4) is 5.75 Å². The third-order valence-corrected chi connectivity index (χ3v) is 8.49. The van der Waals surface area contributed by atoms with Crippen LogP contribution in [0.2, 0.25) is 0 Å². The fourth-order valence-corrected chi connectivity index (χ4v) is 6.63. The smallest absolute Gasteiger partial charge is 0.264 e. The van der Waals surface area contributed by atoms with Crippen LogP contribution in [0.5, 0.6) is 5.75 Å². The highest BCUT2D eigenvalue weighted by Gasteiger charge is 2.32. The number of methoxy groups -OCH3 is 1. The highest BCUT2D eigenvalue weighted by Crippen LogP contribution is 2.30. The van der Waals surface area contributed by atoms with Gasteiger partial charge >= 0.3 is 0 Å². The van der Waals surface area contributed by atoms with Crippen molar-refractivity contribution in [2.24, 2.45) is 4.99 Å². The Labute approximate surface area is 192 Å². The molecule has 1 aromatic carbocycles. The zero-order valence-corrected chi connectivity index (χ0v) is 20.2. The predicted octanol–water partition coefficient (Wildman–Crippen LogP) is 3.10. The summed E-state index contributed by atoms with van der Waals surface area (Å²) in [5, 5.41) is 0. The van der Waals surface area contributed by atoms with Gasteiger partial charge in [-0.25, -0.2) is 8.42 Å². The van der Waals surface area contributed by atoms with Gasteiger partial charge in [0.05, 0.1) is 7.11 Å². The largest absolute Gasteiger partial charge is 0.497 e. The number of aliphatic imine (C=N–C) groups is 1. The molecule has 2 aliphatic heterocycles. The van der Waals surface area contributed by atoms with E-state index in [4.69, 9.17) is 4.74 Å². The molecule has 3 aliphatic rings. The van der Waals surface area contributed by atoms with Crippen molar-refractivity contribution in [2.45, 2.75) is 51.5 Å². The van der Waals surface area contributed by atoms with Crippen LogP contribution in [0.3, 0.4) is 0 Å². The Kier molecular flexibility index (Phi) is 7.53. The summed E-state index contributed by atoms with van der Waals surface area (Å²) in [6, 6.07) is 7.89. The maximum absolute atomic E-state index is 12.7. The van der Waals surface area contributed by atoms with E-state index in [1.54, 1.807) is 31.4 Å². The van der Waals surface area contributed by atoms with Crippen LogP contribution in [0, 0.1) is 0 Å². The number of nitrogens with one attached hydrogen (secondary N) is 1. The van der Waals surface area contributed by atoms with Crippen LogP contribution in [0.15, 0.2) is 34.8 Å². The molecule has 0 bridgehead atoms. The summed E-state index contributed by atoms with van der Waals surface area (Å²) in [7, 11) is -2.00. The van der Waals surface area contributed by atoms with Crippen LogP contribution >= 0.6 is 0 Å². The quantitative estimate of drug-likeness (QED) is 0.633. The molecule has 2 heterocycles. The number of sulfonamides is 1. The first-order valence-corrected chi connectivity index (χ1v) is 13.4. The molecule has 0 amide bonds. The average molecular weight is 461 g/mol. The number of benzene rings is 1. The summed E-state index contributed by atoms with van der Waals surface area (Å²) in [6.07, 6.45) is 7.87. The Morgan fingerprint density at radius 2 is 1.75 bits per heavy atom. The lowest BCUT2D eigenvalue weighted by Gasteiger charge is -2.40. The molecule has 0 spiro atoms. The molecule has 2 fully saturated rings. The third-order valence-electron chi connectivity index (χ3n) is 6.95. The second-order valence-corrected chi connectivity index (χ2v) is 10.7. The van der Waals surface area contributed by atoms with Gasteiger partial charge in [0.1, 0.15) is 16.5 Å². The second kappa shape index (κ2) is 10.4. The zero-order valence-electron chi connectivity index (χ0n) is 19.3. The van der Waals surface area contributed by atoms with E-state index >= 15 is 0 Å². The van der Waals surface area contributed by atoms with E-state index in [1.165, 1.54) is 45.2 Å². The molecule has 0 atom stereocenters. The van der Waals surface area contributed by atoms with Crippen molar-refractivity contribution >= 4 is 20.8 Å². The van der Waals surface area contributed by atoms with E-state index in [0.29, 0.717) is 34.2 Å². The molecule has 1 aliphatic carbocycles. The van der Waals surface area contributed by atoms with Gasteiger partial charge in [0.15, 0.2) is 0 Å². The van der Waals surface area contributed by atoms with Gasteiger partial charge in [-0.15, -0.1) is 0 Å². The first kappa shape index (κ1) is 23.3. The van der Waals surface area contributed by atoms with Gasteiger partial charge in [-0.2, -0.15) is 0 Å². The number of nitrogens with zero attached hydrogens (tertiary/aromatic N) is 3. The van der Waals surface area contributed by atoms with Gasteiger partial charge in [-0.1, -0.05) is 19.3 Å². The monoisotopic (exact) mass is 460 g/mol. The maximum Gasteiger partial charge on any atom is 0.264 e. The number of ether oxygens (including phenoxy) is 1. The lowest BCUT2D eigenvalue weighted by atomic mass is 9.94. The van der Waals surface area contributed by atoms with E-state index in [0.717, 1.165) is 32.1 Å². The van der Waals surface area contributed by atoms with E-state index in [9.17, 15) is 8.42 Å². The van der Waals surface area contributed by atoms with Gasteiger partial charge in [0, 0.05) is 44.3 Å². The Balaban J connectivity index is 1.28. The first-order chi connectivity index (χ1) is 15.5. The minimum atomic E-state index is -3.59. The zero-order chi connectivity index (χ0) is 22.6. The van der Waals surface area contributed by atoms with Gasteiger partial charge in [0.2, 0.25) is 0 Å². The molecule has 0 radical (unpaired) electrons. The third kappa shape index (κ3) is 5.35. The van der Waals surface area contributed by atoms with Gasteiger partial charge < -0.3 is 9.64 Å². The lowest BCUT2D eigenvalue weighted by Crippen LogP contribution is -2.50. The van der Waals surface area contributed by atoms with Gasteiger partial charge in [0.25, 0.3) is 10.0 Å². The van der Waals surface area contributed by atoms with Crippen molar-refractivity contribution in [3.63, 3.8) is 0 Å². The molecule has 8 heteroatoms. The number of amidine groups is 1. The van der Waals surface area contributed by atoms with Crippen LogP contribution < -0.4 is 9.46 Å². The SMILES string of the molecule is COc1ccc(C2=C(C)C(=NCCCN3CCN(C4CCCCC4)CC3)NS2(=O)=O)cc1. The summed E-state index contributed by atoms with van der Waals surface area (Å²) in [5.74, 6) is 1.17. The van der Waals surface area contributed by atoms with Gasteiger partial charge in [-0.05, 0) is 62.6 Å². The van der Waals surface area contributed by atoms with E-state index in [2.05, 4.69) is 19.5 Å². The molecule has 0 aromatic heterocycles. The molecule has 1 N–H and O–H groups in total. The molecule has 7 nitrogen and oxygen atoms in total. The number of rotatable bonds is 7. The maximum atomic E-state index is 12.7. The normalized spacial score (nSPS) is 24.1. The Morgan fingerprint density at radius 3 is 2.41 bits per heavy atom. The molecule has 0 unspecified atom stereocenters. The molecule has 1 saturated carbocycles. The summed E-state index contributed by atoms with van der Waals surface area (Å²) < 4.78 is 33.2. The van der Waals surface area contributed by atoms with Crippen LogP contribution in [-0.2, 0) is 10.0 Å². The van der Waals surface area contributed by atoms with Crippen LogP contribution in [0.4, 0.5) is 0 Å². The summed E-state index contributed by atoms with van der Waals surface area (Å²) >= 11 is 0. The fourth-order valence-electron chi connectivity index (χ4n) is 5.11. The summed E-state index contributed by atoms with van der Waals surface area (Å²) in [6.45, 7) is 8.04. The standard InChI is InChI=1S/C24H36N4O3S/c1-19-23(20-9-11-22(31-2)12-10-20)32(29,30)26-24(19)25-13-6-14-27-15-17-28(18-16-27)21-7-4-3-5-8-21/h9-12,21H,3-8,13-18H2,1-2H3,(H,25,26). The molecular formula is C24H36N4O3S. The van der Waals surface area contributed by atoms with Crippen molar-refractivity contribution in [1.29, 1.82) is 0 Å². The van der Waals surface area contributed by atoms with Crippen LogP contribution in [-0.4, -0.2) is 76.5 Å². The van der Waals surface area contributed by atoms with Crippen molar-refractivity contribution in [2.75, 3.05) is 46.4 Å². The fraction of sp³-hybridized carbons (Fsp3) is 0.625. The lowest BCUT2D eigenvalue weighted by molar-refractivity contribution is 0.0788. The highest BCUT2D eigenvalue weighted by molar-refractivity contribution is 8.00. The molecular weight excluding hydrogens is 424 g/mol. The van der Waals surface area contributed by atoms with Crippen LogP contribution in [0.25, 0.3) is 4.91 Å². The van der Waals surface area contributed by atoms with Crippen molar-refractivity contribution < 1.29 is 13.2 Å². The Morgan fingerprint density at radius 1 is 1.06 bits per heavy atom. The highest BCUT2D eigenvalue weighted by atomic mass is 32.2. The molecule has 32 heavy (non-hydrogen) atoms. The number of piperazine rings is 1. The second-order valence-electron chi connectivity index (χ2n) is 9.04. The summed E-state index contributed by atoms with van der Waals surface area (Å²) in [5.41, 5.74) is 1.33. The van der Waals surface area contributed by atoms with Crippen molar-refractivity contribution in [1.82, 2.24) is 14.5 Å². The summed E-state index contributed by atoms with van der Waals surface area (Å²) in [4.78, 5) is 10.1. The predicted molar refractivity (Wildman–Crippen MR) is 129 cm³/mol. The first-order valence-electron chi connectivity index (χ1n) is 11.9. The Bertz CT molecular complexity index is 942. The van der Waals surface area contributed by atoms with E-state index in [1.807, 2.05) is 6.92 Å². The minimum Gasteiger partial charge on any atom is -0.497 e. The molecule has 1 saturated heterocycles. The van der Waals surface area contributed by atoms with E-state index in [-0.39, 0.29) is 0 Å². The number of hydrogen-bond acceptors (Lipinski definition) is 6. The molecule has 176 valence electrons. The van der Waals surface area contributed by atoms with Crippen LogP contribution in [0.1, 0.15) is 51.0 Å². The minimum absolute atomic E-state index is 0.303.